The third-order valence-electron chi connectivity index (χ3n) is 3.86. The highest BCUT2D eigenvalue weighted by Crippen LogP contribution is 2.16. The van der Waals surface area contributed by atoms with Gasteiger partial charge >= 0.3 is 6.03 Å². The third kappa shape index (κ3) is 3.66. The summed E-state index contributed by atoms with van der Waals surface area (Å²) in [6.07, 6.45) is 1.73. The molecule has 3 rings (SSSR count). The molecule has 118 valence electrons. The molecule has 1 aliphatic rings. The van der Waals surface area contributed by atoms with Gasteiger partial charge in [-0.3, -0.25) is 5.10 Å². The van der Waals surface area contributed by atoms with E-state index in [1.807, 2.05) is 30.3 Å². The number of rotatable bonds is 3. The molecule has 2 amide bonds. The van der Waals surface area contributed by atoms with Crippen molar-refractivity contribution >= 4 is 6.03 Å². The number of nitriles is 1. The molecule has 23 heavy (non-hydrogen) atoms. The molecule has 2 heterocycles. The van der Waals surface area contributed by atoms with E-state index in [1.54, 1.807) is 4.90 Å². The van der Waals surface area contributed by atoms with Crippen molar-refractivity contribution in [2.75, 3.05) is 13.1 Å². The maximum absolute atomic E-state index is 12.2. The molecule has 0 aliphatic carbocycles. The Morgan fingerprint density at radius 3 is 3.04 bits per heavy atom. The Morgan fingerprint density at radius 1 is 1.43 bits per heavy atom. The number of aromatic amines is 1. The first-order valence-electron chi connectivity index (χ1n) is 7.65. The lowest BCUT2D eigenvalue weighted by Gasteiger charge is -2.29. The highest BCUT2D eigenvalue weighted by molar-refractivity contribution is 5.74. The van der Waals surface area contributed by atoms with E-state index in [4.69, 9.17) is 5.26 Å². The molecule has 1 atom stereocenters. The summed E-state index contributed by atoms with van der Waals surface area (Å²) in [6.45, 7) is 1.47. The van der Waals surface area contributed by atoms with E-state index < -0.39 is 0 Å². The number of H-pyrrole nitrogens is 1. The summed E-state index contributed by atoms with van der Waals surface area (Å²) in [5.74, 6) is 1.15. The highest BCUT2D eigenvalue weighted by Gasteiger charge is 2.23. The monoisotopic (exact) mass is 310 g/mol. The quantitative estimate of drug-likeness (QED) is 0.905. The molecular weight excluding hydrogens is 292 g/mol. The largest absolute Gasteiger partial charge is 0.331 e. The van der Waals surface area contributed by atoms with Crippen LogP contribution >= 0.6 is 0 Å². The van der Waals surface area contributed by atoms with E-state index >= 15 is 0 Å². The number of benzene rings is 1. The van der Waals surface area contributed by atoms with E-state index in [9.17, 15) is 4.79 Å². The van der Waals surface area contributed by atoms with Crippen molar-refractivity contribution in [3.63, 3.8) is 0 Å². The maximum atomic E-state index is 12.2. The van der Waals surface area contributed by atoms with E-state index in [2.05, 4.69) is 26.6 Å². The van der Waals surface area contributed by atoms with Gasteiger partial charge in [0.25, 0.3) is 0 Å². The molecule has 0 spiro atoms. The Labute approximate surface area is 134 Å². The van der Waals surface area contributed by atoms with Crippen molar-refractivity contribution in [2.24, 2.45) is 5.92 Å². The lowest BCUT2D eigenvalue weighted by atomic mass is 10.0. The second-order valence-electron chi connectivity index (χ2n) is 5.54. The highest BCUT2D eigenvalue weighted by atomic mass is 16.2. The second kappa shape index (κ2) is 6.92. The van der Waals surface area contributed by atoms with E-state index in [1.165, 1.54) is 0 Å². The van der Waals surface area contributed by atoms with Crippen molar-refractivity contribution in [1.82, 2.24) is 25.4 Å². The summed E-state index contributed by atoms with van der Waals surface area (Å²) in [4.78, 5) is 18.2. The average molecular weight is 310 g/mol. The van der Waals surface area contributed by atoms with E-state index in [0.717, 1.165) is 18.4 Å². The van der Waals surface area contributed by atoms with Crippen LogP contribution in [0.25, 0.3) is 11.4 Å². The first-order chi connectivity index (χ1) is 11.3. The van der Waals surface area contributed by atoms with Crippen molar-refractivity contribution in [2.45, 2.75) is 19.4 Å². The fourth-order valence-corrected chi connectivity index (χ4v) is 2.63. The lowest BCUT2D eigenvalue weighted by Crippen LogP contribution is -2.45. The molecule has 0 bridgehead atoms. The number of piperidine rings is 1. The normalized spacial score (nSPS) is 17.5. The standard InChI is InChI=1S/C16H18N6O/c17-9-12-5-4-8-22(11-12)16(23)18-10-14-19-15(21-20-14)13-6-2-1-3-7-13/h1-3,6-7,12H,4-5,8,10-11H2,(H,18,23)(H,19,20,21). The predicted octanol–water partition coefficient (Wildman–Crippen LogP) is 1.92. The fourth-order valence-electron chi connectivity index (χ4n) is 2.63. The molecule has 1 saturated heterocycles. The van der Waals surface area contributed by atoms with Gasteiger partial charge in [-0.25, -0.2) is 9.78 Å². The van der Waals surface area contributed by atoms with E-state index in [0.29, 0.717) is 24.7 Å². The number of hydrogen-bond acceptors (Lipinski definition) is 4. The van der Waals surface area contributed by atoms with Crippen molar-refractivity contribution in [1.29, 1.82) is 5.26 Å². The number of nitrogens with one attached hydrogen (secondary N) is 2. The zero-order valence-corrected chi connectivity index (χ0v) is 12.7. The summed E-state index contributed by atoms with van der Waals surface area (Å²) >= 11 is 0. The predicted molar refractivity (Wildman–Crippen MR) is 84.0 cm³/mol. The minimum Gasteiger partial charge on any atom is -0.331 e. The van der Waals surface area contributed by atoms with Crippen LogP contribution in [0.4, 0.5) is 4.79 Å². The van der Waals surface area contributed by atoms with Crippen LogP contribution in [-0.2, 0) is 6.54 Å². The molecule has 1 aromatic heterocycles. The molecule has 1 fully saturated rings. The Morgan fingerprint density at radius 2 is 2.26 bits per heavy atom. The van der Waals surface area contributed by atoms with Gasteiger partial charge in [-0.15, -0.1) is 0 Å². The van der Waals surface area contributed by atoms with Gasteiger partial charge in [0.15, 0.2) is 5.82 Å². The molecule has 7 nitrogen and oxygen atoms in total. The SMILES string of the molecule is N#CC1CCCN(C(=O)NCc2nc(-c3ccccc3)n[nH]2)C1. The van der Waals surface area contributed by atoms with Gasteiger partial charge in [-0.2, -0.15) is 10.4 Å². The van der Waals surface area contributed by atoms with Gasteiger partial charge in [-0.05, 0) is 12.8 Å². The summed E-state index contributed by atoms with van der Waals surface area (Å²) < 4.78 is 0. The van der Waals surface area contributed by atoms with Crippen LogP contribution in [0.5, 0.6) is 0 Å². The minimum atomic E-state index is -0.164. The van der Waals surface area contributed by atoms with Crippen LogP contribution in [0.2, 0.25) is 0 Å². The zero-order chi connectivity index (χ0) is 16.1. The topological polar surface area (TPSA) is 97.7 Å². The van der Waals surface area contributed by atoms with Crippen molar-refractivity contribution in [3.05, 3.63) is 36.2 Å². The smallest absolute Gasteiger partial charge is 0.317 e. The van der Waals surface area contributed by atoms with Crippen LogP contribution in [0.1, 0.15) is 18.7 Å². The molecule has 2 N–H and O–H groups in total. The van der Waals surface area contributed by atoms with Crippen molar-refractivity contribution in [3.8, 4) is 17.5 Å². The van der Waals surface area contributed by atoms with Crippen LogP contribution in [0.15, 0.2) is 30.3 Å². The van der Waals surface area contributed by atoms with Crippen LogP contribution in [0.3, 0.4) is 0 Å². The zero-order valence-electron chi connectivity index (χ0n) is 12.7. The molecule has 7 heteroatoms. The fraction of sp³-hybridized carbons (Fsp3) is 0.375. The number of aromatic nitrogens is 3. The number of hydrogen-bond donors (Lipinski definition) is 2. The number of carbonyl (C=O) groups excluding carboxylic acids is 1. The Balaban J connectivity index is 1.55. The molecule has 1 unspecified atom stereocenters. The Kier molecular flexibility index (Phi) is 4.52. The van der Waals surface area contributed by atoms with Crippen LogP contribution in [0, 0.1) is 17.2 Å². The van der Waals surface area contributed by atoms with Gasteiger partial charge < -0.3 is 10.2 Å². The van der Waals surface area contributed by atoms with Crippen LogP contribution < -0.4 is 5.32 Å². The molecule has 2 aromatic rings. The number of nitrogens with zero attached hydrogens (tertiary/aromatic N) is 4. The molecular formula is C16H18N6O. The first-order valence-corrected chi connectivity index (χ1v) is 7.65. The average Bonchev–Trinajstić information content (AvgIpc) is 3.09. The van der Waals surface area contributed by atoms with Gasteiger partial charge in [-0.1, -0.05) is 30.3 Å². The van der Waals surface area contributed by atoms with Gasteiger partial charge in [0, 0.05) is 18.7 Å². The summed E-state index contributed by atoms with van der Waals surface area (Å²) in [7, 11) is 0. The van der Waals surface area contributed by atoms with Crippen molar-refractivity contribution < 1.29 is 4.79 Å². The Bertz CT molecular complexity index is 705. The number of carbonyl (C=O) groups is 1. The molecule has 0 saturated carbocycles. The molecule has 0 radical (unpaired) electrons. The third-order valence-corrected chi connectivity index (χ3v) is 3.86. The summed E-state index contributed by atoms with van der Waals surface area (Å²) in [6, 6.07) is 11.7. The first kappa shape index (κ1) is 15.0. The number of likely N-dealkylation sites (tertiary alicyclic amines) is 1. The van der Waals surface area contributed by atoms with Gasteiger partial charge in [0.1, 0.15) is 5.82 Å². The van der Waals surface area contributed by atoms with Crippen LogP contribution in [-0.4, -0.2) is 39.2 Å². The number of urea groups is 1. The van der Waals surface area contributed by atoms with E-state index in [-0.39, 0.29) is 18.5 Å². The molecule has 1 aliphatic heterocycles. The minimum absolute atomic E-state index is 0.0653. The Hall–Kier alpha value is -2.88. The number of amides is 2. The summed E-state index contributed by atoms with van der Waals surface area (Å²) in [5, 5.41) is 18.8. The summed E-state index contributed by atoms with van der Waals surface area (Å²) in [5.41, 5.74) is 0.925. The maximum Gasteiger partial charge on any atom is 0.317 e. The molecule has 1 aromatic carbocycles. The van der Waals surface area contributed by atoms with Gasteiger partial charge in [0.2, 0.25) is 0 Å². The second-order valence-corrected chi connectivity index (χ2v) is 5.54. The van der Waals surface area contributed by atoms with Gasteiger partial charge in [0.05, 0.1) is 18.5 Å². The lowest BCUT2D eigenvalue weighted by molar-refractivity contribution is 0.176.